The molecule has 19 heavy (non-hydrogen) atoms. The second-order valence-corrected chi connectivity index (χ2v) is 6.46. The van der Waals surface area contributed by atoms with Gasteiger partial charge < -0.3 is 14.7 Å². The fourth-order valence-corrected chi connectivity index (χ4v) is 2.57. The molecule has 0 spiro atoms. The summed E-state index contributed by atoms with van der Waals surface area (Å²) in [4.78, 5) is 25.4. The smallest absolute Gasteiger partial charge is 0.316 e. The van der Waals surface area contributed by atoms with Crippen LogP contribution in [-0.2, 0) is 14.3 Å². The van der Waals surface area contributed by atoms with Gasteiger partial charge >= 0.3 is 5.97 Å². The van der Waals surface area contributed by atoms with Crippen LogP contribution in [0, 0.1) is 17.3 Å². The molecular formula is C14H25NO4. The third kappa shape index (κ3) is 3.69. The second-order valence-electron chi connectivity index (χ2n) is 6.46. The minimum Gasteiger partial charge on any atom is -0.481 e. The van der Waals surface area contributed by atoms with Gasteiger partial charge in [-0.2, -0.15) is 0 Å². The number of methoxy groups -OCH3 is 1. The molecule has 0 aromatic rings. The topological polar surface area (TPSA) is 66.8 Å². The first-order valence-electron chi connectivity index (χ1n) is 6.73. The molecule has 1 aliphatic heterocycles. The first kappa shape index (κ1) is 16.0. The van der Waals surface area contributed by atoms with Crippen LogP contribution in [0.5, 0.6) is 0 Å². The van der Waals surface area contributed by atoms with E-state index in [1.165, 1.54) is 0 Å². The first-order valence-corrected chi connectivity index (χ1v) is 6.73. The summed E-state index contributed by atoms with van der Waals surface area (Å²) >= 11 is 0. The lowest BCUT2D eigenvalue weighted by Crippen LogP contribution is -2.52. The van der Waals surface area contributed by atoms with Gasteiger partial charge in [-0.15, -0.1) is 0 Å². The van der Waals surface area contributed by atoms with Crippen molar-refractivity contribution in [1.82, 2.24) is 4.90 Å². The lowest BCUT2D eigenvalue weighted by molar-refractivity contribution is -0.158. The van der Waals surface area contributed by atoms with Crippen molar-refractivity contribution in [2.45, 2.75) is 40.2 Å². The zero-order chi connectivity index (χ0) is 14.8. The number of carboxylic acids is 1. The number of likely N-dealkylation sites (tertiary alicyclic amines) is 1. The molecule has 1 rings (SSSR count). The van der Waals surface area contributed by atoms with Gasteiger partial charge in [-0.3, -0.25) is 9.59 Å². The zero-order valence-electron chi connectivity index (χ0n) is 12.5. The summed E-state index contributed by atoms with van der Waals surface area (Å²) in [5.74, 6) is -1.95. The Bertz CT molecular complexity index is 348. The lowest BCUT2D eigenvalue weighted by Gasteiger charge is -2.39. The highest BCUT2D eigenvalue weighted by Crippen LogP contribution is 2.30. The Labute approximate surface area is 114 Å². The standard InChI is InChI=1S/C14H25NO4/c1-9-6-7-15(8-10(9)19-5)12(16)11(13(17)18)14(2,3)4/h9-11H,6-8H2,1-5H3,(H,17,18). The molecule has 0 radical (unpaired) electrons. The Morgan fingerprint density at radius 2 is 1.95 bits per heavy atom. The van der Waals surface area contributed by atoms with Crippen molar-refractivity contribution in [3.8, 4) is 0 Å². The van der Waals surface area contributed by atoms with Crippen LogP contribution < -0.4 is 0 Å². The largest absolute Gasteiger partial charge is 0.481 e. The van der Waals surface area contributed by atoms with Gasteiger partial charge in [0.1, 0.15) is 5.92 Å². The number of hydrogen-bond acceptors (Lipinski definition) is 3. The van der Waals surface area contributed by atoms with E-state index < -0.39 is 17.3 Å². The van der Waals surface area contributed by atoms with Gasteiger partial charge in [-0.1, -0.05) is 27.7 Å². The molecular weight excluding hydrogens is 246 g/mol. The number of carboxylic acid groups (broad SMARTS) is 1. The zero-order valence-corrected chi connectivity index (χ0v) is 12.5. The van der Waals surface area contributed by atoms with Crippen molar-refractivity contribution in [2.75, 3.05) is 20.2 Å². The van der Waals surface area contributed by atoms with Gasteiger partial charge in [0.15, 0.2) is 0 Å². The molecule has 3 atom stereocenters. The fourth-order valence-electron chi connectivity index (χ4n) is 2.57. The summed E-state index contributed by atoms with van der Waals surface area (Å²) in [6.45, 7) is 8.53. The Morgan fingerprint density at radius 3 is 2.37 bits per heavy atom. The minimum atomic E-state index is -1.05. The average Bonchev–Trinajstić information content (AvgIpc) is 2.27. The van der Waals surface area contributed by atoms with Crippen LogP contribution in [0.3, 0.4) is 0 Å². The van der Waals surface area contributed by atoms with Crippen LogP contribution in [0.25, 0.3) is 0 Å². The number of rotatable bonds is 3. The summed E-state index contributed by atoms with van der Waals surface area (Å²) in [6, 6.07) is 0. The second kappa shape index (κ2) is 5.90. The van der Waals surface area contributed by atoms with Gasteiger partial charge in [-0.05, 0) is 17.8 Å². The quantitative estimate of drug-likeness (QED) is 0.792. The summed E-state index contributed by atoms with van der Waals surface area (Å²) in [7, 11) is 1.63. The molecule has 1 amide bonds. The molecule has 1 heterocycles. The van der Waals surface area contributed by atoms with Crippen molar-refractivity contribution in [3.63, 3.8) is 0 Å². The van der Waals surface area contributed by atoms with E-state index in [4.69, 9.17) is 4.74 Å². The maximum Gasteiger partial charge on any atom is 0.316 e. The molecule has 5 heteroatoms. The van der Waals surface area contributed by atoms with Crippen LogP contribution in [0.15, 0.2) is 0 Å². The summed E-state index contributed by atoms with van der Waals surface area (Å²) in [6.07, 6.45) is 0.841. The predicted octanol–water partition coefficient (Wildman–Crippen LogP) is 1.62. The number of hydrogen-bond donors (Lipinski definition) is 1. The first-order chi connectivity index (χ1) is 8.68. The highest BCUT2D eigenvalue weighted by molar-refractivity contribution is 5.97. The van der Waals surface area contributed by atoms with Crippen molar-refractivity contribution in [3.05, 3.63) is 0 Å². The maximum atomic E-state index is 12.4. The predicted molar refractivity (Wildman–Crippen MR) is 71.7 cm³/mol. The molecule has 3 unspecified atom stereocenters. The van der Waals surface area contributed by atoms with Gasteiger partial charge in [0.25, 0.3) is 0 Å². The van der Waals surface area contributed by atoms with Crippen LogP contribution in [-0.4, -0.2) is 48.2 Å². The number of ether oxygens (including phenoxy) is 1. The average molecular weight is 271 g/mol. The van der Waals surface area contributed by atoms with Gasteiger partial charge in [0, 0.05) is 20.2 Å². The van der Waals surface area contributed by atoms with Crippen LogP contribution in [0.1, 0.15) is 34.1 Å². The maximum absolute atomic E-state index is 12.4. The van der Waals surface area contributed by atoms with E-state index in [0.29, 0.717) is 19.0 Å². The molecule has 0 aliphatic carbocycles. The molecule has 1 saturated heterocycles. The van der Waals surface area contributed by atoms with Gasteiger partial charge in [0.05, 0.1) is 6.10 Å². The van der Waals surface area contributed by atoms with Crippen molar-refractivity contribution < 1.29 is 19.4 Å². The normalized spacial score (nSPS) is 26.1. The Hall–Kier alpha value is -1.10. The summed E-state index contributed by atoms with van der Waals surface area (Å²) in [5.41, 5.74) is -0.589. The molecule has 0 bridgehead atoms. The van der Waals surface area contributed by atoms with E-state index in [1.807, 2.05) is 0 Å². The SMILES string of the molecule is COC1CN(C(=O)C(C(=O)O)C(C)(C)C)CCC1C. The fraction of sp³-hybridized carbons (Fsp3) is 0.857. The monoisotopic (exact) mass is 271 g/mol. The van der Waals surface area contributed by atoms with Crippen molar-refractivity contribution in [2.24, 2.45) is 17.3 Å². The van der Waals surface area contributed by atoms with E-state index in [0.717, 1.165) is 6.42 Å². The molecule has 0 aromatic heterocycles. The van der Waals surface area contributed by atoms with Gasteiger partial charge in [0.2, 0.25) is 5.91 Å². The van der Waals surface area contributed by atoms with E-state index in [-0.39, 0.29) is 12.0 Å². The van der Waals surface area contributed by atoms with Crippen LogP contribution in [0.4, 0.5) is 0 Å². The van der Waals surface area contributed by atoms with E-state index in [2.05, 4.69) is 6.92 Å². The number of amides is 1. The number of piperidine rings is 1. The van der Waals surface area contributed by atoms with Crippen LogP contribution in [0.2, 0.25) is 0 Å². The molecule has 0 saturated carbocycles. The molecule has 1 fully saturated rings. The third-order valence-electron chi connectivity index (χ3n) is 3.86. The summed E-state index contributed by atoms with van der Waals surface area (Å²) < 4.78 is 5.37. The molecule has 1 N–H and O–H groups in total. The number of nitrogens with zero attached hydrogens (tertiary/aromatic N) is 1. The summed E-state index contributed by atoms with van der Waals surface area (Å²) in [5, 5.41) is 9.31. The highest BCUT2D eigenvalue weighted by atomic mass is 16.5. The van der Waals surface area contributed by atoms with E-state index in [9.17, 15) is 14.7 Å². The molecule has 5 nitrogen and oxygen atoms in total. The Balaban J connectivity index is 2.84. The lowest BCUT2D eigenvalue weighted by atomic mass is 9.79. The molecule has 110 valence electrons. The van der Waals surface area contributed by atoms with Crippen molar-refractivity contribution in [1.29, 1.82) is 0 Å². The minimum absolute atomic E-state index is 0.00730. The Kier molecular flexibility index (Phi) is 4.96. The molecule has 0 aromatic carbocycles. The number of aliphatic carboxylic acids is 1. The van der Waals surface area contributed by atoms with E-state index >= 15 is 0 Å². The number of carbonyl (C=O) groups is 2. The third-order valence-corrected chi connectivity index (χ3v) is 3.86. The van der Waals surface area contributed by atoms with Crippen LogP contribution >= 0.6 is 0 Å². The van der Waals surface area contributed by atoms with E-state index in [1.54, 1.807) is 32.8 Å². The molecule has 1 aliphatic rings. The van der Waals surface area contributed by atoms with Crippen molar-refractivity contribution >= 4 is 11.9 Å². The highest BCUT2D eigenvalue weighted by Gasteiger charge is 2.42. The van der Waals surface area contributed by atoms with Gasteiger partial charge in [-0.25, -0.2) is 0 Å². The Morgan fingerprint density at radius 1 is 1.37 bits per heavy atom. The number of carbonyl (C=O) groups excluding carboxylic acids is 1.